The maximum atomic E-state index is 15.6. The number of piperidine rings is 1. The van der Waals surface area contributed by atoms with E-state index in [0.29, 0.717) is 37.4 Å². The molecule has 2 aliphatic rings. The second kappa shape index (κ2) is 11.0. The normalized spacial score (nSPS) is 17.2. The largest absolute Gasteiger partial charge is 0.507 e. The molecule has 1 aromatic heterocycles. The molecule has 10 heteroatoms. The molecule has 0 spiro atoms. The number of piperazine rings is 1. The Labute approximate surface area is 219 Å². The molecule has 1 amide bonds. The zero-order chi connectivity index (χ0) is 25.9. The SMILES string of the molecule is O=C(/C=C/CN1CCCCC1)N1CCN(c2ncnc3c(F)c(-c4c(O)cccc4F)c(Cl)cc23)CC1. The summed E-state index contributed by atoms with van der Waals surface area (Å²) < 4.78 is 30.1. The van der Waals surface area contributed by atoms with Crippen LogP contribution in [0, 0.1) is 11.6 Å². The lowest BCUT2D eigenvalue weighted by molar-refractivity contribution is -0.126. The summed E-state index contributed by atoms with van der Waals surface area (Å²) in [6.07, 6.45) is 8.54. The number of likely N-dealkylation sites (tertiary alicyclic amines) is 1. The van der Waals surface area contributed by atoms with Crippen LogP contribution in [0.1, 0.15) is 19.3 Å². The molecule has 0 aliphatic carbocycles. The van der Waals surface area contributed by atoms with Crippen molar-refractivity contribution >= 4 is 34.2 Å². The van der Waals surface area contributed by atoms with Crippen LogP contribution in [0.5, 0.6) is 5.75 Å². The number of amides is 1. The van der Waals surface area contributed by atoms with Crippen LogP contribution >= 0.6 is 11.6 Å². The number of aromatic hydroxyl groups is 1. The molecule has 0 saturated carbocycles. The van der Waals surface area contributed by atoms with Gasteiger partial charge >= 0.3 is 0 Å². The van der Waals surface area contributed by atoms with Gasteiger partial charge in [0.05, 0.1) is 10.6 Å². The predicted octanol–water partition coefficient (Wildman–Crippen LogP) is 4.62. The number of benzene rings is 2. The Morgan fingerprint density at radius 1 is 1.03 bits per heavy atom. The van der Waals surface area contributed by atoms with Gasteiger partial charge in [0.1, 0.15) is 29.2 Å². The van der Waals surface area contributed by atoms with Crippen molar-refractivity contribution in [2.24, 2.45) is 0 Å². The van der Waals surface area contributed by atoms with Crippen LogP contribution in [0.3, 0.4) is 0 Å². The van der Waals surface area contributed by atoms with Gasteiger partial charge in [-0.3, -0.25) is 9.69 Å². The molecular formula is C27H28ClF2N5O2. The molecule has 0 radical (unpaired) electrons. The monoisotopic (exact) mass is 527 g/mol. The van der Waals surface area contributed by atoms with Crippen LogP contribution in [0.15, 0.2) is 42.7 Å². The van der Waals surface area contributed by atoms with Gasteiger partial charge < -0.3 is 14.9 Å². The smallest absolute Gasteiger partial charge is 0.246 e. The number of hydrogen-bond donors (Lipinski definition) is 1. The van der Waals surface area contributed by atoms with E-state index in [9.17, 15) is 14.3 Å². The minimum Gasteiger partial charge on any atom is -0.507 e. The van der Waals surface area contributed by atoms with Gasteiger partial charge in [-0.2, -0.15) is 0 Å². The van der Waals surface area contributed by atoms with Gasteiger partial charge in [0.15, 0.2) is 5.82 Å². The molecule has 1 N–H and O–H groups in total. The fraction of sp³-hybridized carbons (Fsp3) is 0.370. The lowest BCUT2D eigenvalue weighted by Crippen LogP contribution is -2.48. The maximum Gasteiger partial charge on any atom is 0.246 e. The van der Waals surface area contributed by atoms with Crippen LogP contribution in [0.2, 0.25) is 5.02 Å². The van der Waals surface area contributed by atoms with E-state index < -0.39 is 17.4 Å². The third-order valence-corrected chi connectivity index (χ3v) is 7.30. The summed E-state index contributed by atoms with van der Waals surface area (Å²) in [6, 6.07) is 5.23. The Morgan fingerprint density at radius 3 is 2.51 bits per heavy atom. The fourth-order valence-corrected chi connectivity index (χ4v) is 5.33. The second-order valence-electron chi connectivity index (χ2n) is 9.35. The minimum atomic E-state index is -0.834. The summed E-state index contributed by atoms with van der Waals surface area (Å²) in [5.41, 5.74) is -0.583. The molecule has 0 unspecified atom stereocenters. The zero-order valence-electron chi connectivity index (χ0n) is 20.3. The predicted molar refractivity (Wildman–Crippen MR) is 140 cm³/mol. The molecule has 5 rings (SSSR count). The summed E-state index contributed by atoms with van der Waals surface area (Å²) in [7, 11) is 0. The van der Waals surface area contributed by atoms with Gasteiger partial charge in [-0.25, -0.2) is 18.7 Å². The number of halogens is 3. The Morgan fingerprint density at radius 2 is 1.78 bits per heavy atom. The first-order chi connectivity index (χ1) is 17.9. The minimum absolute atomic E-state index is 0.0207. The number of fused-ring (bicyclic) bond motifs is 1. The third-order valence-electron chi connectivity index (χ3n) is 7.01. The Balaban J connectivity index is 1.32. The Hall–Kier alpha value is -3.30. The van der Waals surface area contributed by atoms with Crippen LogP contribution in [-0.2, 0) is 4.79 Å². The highest BCUT2D eigenvalue weighted by atomic mass is 35.5. The highest BCUT2D eigenvalue weighted by Gasteiger charge is 2.26. The van der Waals surface area contributed by atoms with E-state index >= 15 is 4.39 Å². The van der Waals surface area contributed by atoms with Gasteiger partial charge in [-0.15, -0.1) is 0 Å². The van der Waals surface area contributed by atoms with Crippen molar-refractivity contribution < 1.29 is 18.7 Å². The average molecular weight is 528 g/mol. The van der Waals surface area contributed by atoms with E-state index in [4.69, 9.17) is 11.6 Å². The zero-order valence-corrected chi connectivity index (χ0v) is 21.1. The quantitative estimate of drug-likeness (QED) is 0.488. The van der Waals surface area contributed by atoms with E-state index in [1.807, 2.05) is 11.0 Å². The van der Waals surface area contributed by atoms with Crippen molar-refractivity contribution in [3.8, 4) is 16.9 Å². The van der Waals surface area contributed by atoms with Crippen LogP contribution in [-0.4, -0.2) is 76.6 Å². The average Bonchev–Trinajstić information content (AvgIpc) is 2.91. The number of rotatable bonds is 5. The molecule has 3 aromatic rings. The van der Waals surface area contributed by atoms with Gasteiger partial charge in [-0.05, 0) is 44.1 Å². The van der Waals surface area contributed by atoms with Crippen molar-refractivity contribution in [2.45, 2.75) is 19.3 Å². The summed E-state index contributed by atoms with van der Waals surface area (Å²) >= 11 is 6.41. The number of carbonyl (C=O) groups is 1. The first-order valence-electron chi connectivity index (χ1n) is 12.5. The highest BCUT2D eigenvalue weighted by Crippen LogP contribution is 2.42. The van der Waals surface area contributed by atoms with E-state index in [1.165, 1.54) is 43.8 Å². The van der Waals surface area contributed by atoms with Gasteiger partial charge in [0.25, 0.3) is 0 Å². The van der Waals surface area contributed by atoms with Crippen LogP contribution in [0.25, 0.3) is 22.0 Å². The number of aromatic nitrogens is 2. The molecule has 37 heavy (non-hydrogen) atoms. The van der Waals surface area contributed by atoms with Gasteiger partial charge in [0, 0.05) is 49.7 Å². The summed E-state index contributed by atoms with van der Waals surface area (Å²) in [5, 5.41) is 10.5. The molecule has 2 aromatic carbocycles. The number of carbonyl (C=O) groups excluding carboxylic acids is 1. The van der Waals surface area contributed by atoms with E-state index in [1.54, 1.807) is 11.0 Å². The number of phenols is 1. The molecule has 0 atom stereocenters. The molecule has 3 heterocycles. The van der Waals surface area contributed by atoms with Crippen molar-refractivity contribution in [3.05, 3.63) is 59.4 Å². The topological polar surface area (TPSA) is 72.8 Å². The van der Waals surface area contributed by atoms with Gasteiger partial charge in [-0.1, -0.05) is 30.2 Å². The molecule has 2 aliphatic heterocycles. The third kappa shape index (κ3) is 5.24. The van der Waals surface area contributed by atoms with E-state index in [0.717, 1.165) is 25.7 Å². The first kappa shape index (κ1) is 25.4. The Bertz CT molecular complexity index is 1320. The fourth-order valence-electron chi connectivity index (χ4n) is 5.05. The summed E-state index contributed by atoms with van der Waals surface area (Å²) in [6.45, 7) is 4.96. The first-order valence-corrected chi connectivity index (χ1v) is 12.8. The number of hydrogen-bond acceptors (Lipinski definition) is 6. The number of anilines is 1. The Kier molecular flexibility index (Phi) is 7.53. The number of phenolic OH excluding ortho intramolecular Hbond substituents is 1. The summed E-state index contributed by atoms with van der Waals surface area (Å²) in [4.78, 5) is 27.2. The van der Waals surface area contributed by atoms with Crippen LogP contribution in [0.4, 0.5) is 14.6 Å². The number of nitrogens with zero attached hydrogens (tertiary/aromatic N) is 5. The molecule has 0 bridgehead atoms. The van der Waals surface area contributed by atoms with E-state index in [2.05, 4.69) is 14.9 Å². The van der Waals surface area contributed by atoms with Gasteiger partial charge in [0.2, 0.25) is 5.91 Å². The lowest BCUT2D eigenvalue weighted by atomic mass is 10.0. The lowest BCUT2D eigenvalue weighted by Gasteiger charge is -2.35. The standard InChI is InChI=1S/C27H28ClF2N5O2/c28-19-16-18-26(25(30)23(19)24-20(29)6-4-7-21(24)36)31-17-32-27(18)35-14-12-34(13-15-35)22(37)8-5-11-33-9-2-1-3-10-33/h4-8,16-17,36H,1-3,9-15H2/b8-5+. The van der Waals surface area contributed by atoms with Crippen molar-refractivity contribution in [1.82, 2.24) is 19.8 Å². The molecule has 2 fully saturated rings. The van der Waals surface area contributed by atoms with Crippen molar-refractivity contribution in [2.75, 3.05) is 50.7 Å². The molecule has 2 saturated heterocycles. The van der Waals surface area contributed by atoms with Crippen LogP contribution < -0.4 is 4.90 Å². The second-order valence-corrected chi connectivity index (χ2v) is 9.76. The van der Waals surface area contributed by atoms with Crippen molar-refractivity contribution in [3.63, 3.8) is 0 Å². The molecule has 194 valence electrons. The molecule has 7 nitrogen and oxygen atoms in total. The van der Waals surface area contributed by atoms with Crippen molar-refractivity contribution in [1.29, 1.82) is 0 Å². The summed E-state index contributed by atoms with van der Waals surface area (Å²) in [5.74, 6) is -1.57. The maximum absolute atomic E-state index is 15.6. The molecular weight excluding hydrogens is 500 g/mol. The highest BCUT2D eigenvalue weighted by molar-refractivity contribution is 6.34. The van der Waals surface area contributed by atoms with E-state index in [-0.39, 0.29) is 27.6 Å².